The number of benzene rings is 2. The highest BCUT2D eigenvalue weighted by Crippen LogP contribution is 2.33. The van der Waals surface area contributed by atoms with Crippen molar-refractivity contribution in [3.05, 3.63) is 76.0 Å². The zero-order valence-electron chi connectivity index (χ0n) is 18.9. The summed E-state index contributed by atoms with van der Waals surface area (Å²) in [4.78, 5) is 28.3. The quantitative estimate of drug-likeness (QED) is 0.498. The lowest BCUT2D eigenvalue weighted by molar-refractivity contribution is -0.144. The molecule has 1 aliphatic rings. The van der Waals surface area contributed by atoms with Gasteiger partial charge in [-0.1, -0.05) is 18.2 Å². The monoisotopic (exact) mass is 500 g/mol. The number of para-hydroxylation sites is 1. The molecule has 0 spiro atoms. The van der Waals surface area contributed by atoms with Crippen LogP contribution in [0.1, 0.15) is 20.8 Å². The van der Waals surface area contributed by atoms with Crippen LogP contribution >= 0.6 is 11.3 Å². The molecule has 4 rings (SSSR count). The van der Waals surface area contributed by atoms with Crippen LogP contribution in [0.25, 0.3) is 0 Å². The maximum Gasteiger partial charge on any atom is 0.326 e. The average molecular weight is 501 g/mol. The lowest BCUT2D eigenvalue weighted by Crippen LogP contribution is -2.50. The Balaban J connectivity index is 1.82. The van der Waals surface area contributed by atoms with Gasteiger partial charge in [0.1, 0.15) is 11.8 Å². The number of esters is 1. The van der Waals surface area contributed by atoms with Gasteiger partial charge in [-0.3, -0.25) is 9.59 Å². The number of sulfonamides is 1. The molecule has 1 unspecified atom stereocenters. The molecule has 1 atom stereocenters. The Bertz CT molecular complexity index is 1320. The fraction of sp³-hybridized carbons (Fsp3) is 0.250. The summed E-state index contributed by atoms with van der Waals surface area (Å²) in [5, 5.41) is 1.87. The molecule has 0 bridgehead atoms. The minimum absolute atomic E-state index is 0.00772. The molecule has 10 heteroatoms. The van der Waals surface area contributed by atoms with Crippen LogP contribution in [0.5, 0.6) is 5.75 Å². The third-order valence-electron chi connectivity index (χ3n) is 5.64. The first-order valence-corrected chi connectivity index (χ1v) is 12.8. The summed E-state index contributed by atoms with van der Waals surface area (Å²) in [5.74, 6) is -0.541. The fourth-order valence-electron chi connectivity index (χ4n) is 3.88. The van der Waals surface area contributed by atoms with E-state index in [-0.39, 0.29) is 23.9 Å². The molecule has 34 heavy (non-hydrogen) atoms. The molecule has 1 aromatic heterocycles. The summed E-state index contributed by atoms with van der Waals surface area (Å²) in [5.41, 5.74) is 2.11. The first kappa shape index (κ1) is 23.9. The predicted molar refractivity (Wildman–Crippen MR) is 129 cm³/mol. The number of rotatable bonds is 5. The number of hydrogen-bond acceptors (Lipinski definition) is 7. The Hall–Kier alpha value is -3.21. The van der Waals surface area contributed by atoms with E-state index in [9.17, 15) is 18.0 Å². The lowest BCUT2D eigenvalue weighted by atomic mass is 10.1. The number of amides is 1. The van der Waals surface area contributed by atoms with Gasteiger partial charge >= 0.3 is 5.97 Å². The van der Waals surface area contributed by atoms with Gasteiger partial charge in [0.25, 0.3) is 5.91 Å². The normalized spacial score (nSPS) is 16.4. The van der Waals surface area contributed by atoms with E-state index in [2.05, 4.69) is 0 Å². The van der Waals surface area contributed by atoms with Crippen LogP contribution in [-0.4, -0.2) is 51.4 Å². The van der Waals surface area contributed by atoms with Gasteiger partial charge in [0.05, 0.1) is 30.5 Å². The number of carbonyl (C=O) groups excluding carboxylic acids is 2. The summed E-state index contributed by atoms with van der Waals surface area (Å²) in [6, 6.07) is 13.5. The molecule has 178 valence electrons. The van der Waals surface area contributed by atoms with Crippen molar-refractivity contribution in [3.63, 3.8) is 0 Å². The van der Waals surface area contributed by atoms with E-state index >= 15 is 0 Å². The van der Waals surface area contributed by atoms with Crippen LogP contribution in [-0.2, 0) is 26.1 Å². The molecule has 1 aliphatic heterocycles. The molecule has 8 nitrogen and oxygen atoms in total. The molecule has 2 heterocycles. The molecule has 0 radical (unpaired) electrons. The average Bonchev–Trinajstić information content (AvgIpc) is 3.20. The first-order chi connectivity index (χ1) is 16.3. The highest BCUT2D eigenvalue weighted by molar-refractivity contribution is 7.89. The van der Waals surface area contributed by atoms with E-state index in [0.717, 1.165) is 9.87 Å². The Kier molecular flexibility index (Phi) is 6.74. The van der Waals surface area contributed by atoms with Crippen LogP contribution < -0.4 is 9.64 Å². The standard InChI is InChI=1S/C24H24N2O6S2/c1-16-12-22(33-15-16)23(27)25-14-21(24(28)32-3)26(13-17-6-4-5-7-20(17)25)34(29,30)19-10-8-18(31-2)9-11-19/h4-12,15,21H,13-14H2,1-3H3. The van der Waals surface area contributed by atoms with Crippen LogP contribution in [0.15, 0.2) is 64.9 Å². The molecule has 0 N–H and O–H groups in total. The molecule has 1 amide bonds. The summed E-state index contributed by atoms with van der Waals surface area (Å²) < 4.78 is 38.6. The minimum Gasteiger partial charge on any atom is -0.497 e. The van der Waals surface area contributed by atoms with Crippen molar-refractivity contribution in [2.75, 3.05) is 25.7 Å². The van der Waals surface area contributed by atoms with E-state index in [1.165, 1.54) is 42.6 Å². The molecule has 3 aromatic rings. The third-order valence-corrected chi connectivity index (χ3v) is 8.54. The van der Waals surface area contributed by atoms with Gasteiger partial charge in [-0.2, -0.15) is 4.31 Å². The van der Waals surface area contributed by atoms with Gasteiger partial charge in [0.15, 0.2) is 0 Å². The molecule has 0 fully saturated rings. The topological polar surface area (TPSA) is 93.2 Å². The SMILES string of the molecule is COC(=O)C1CN(C(=O)c2cc(C)cs2)c2ccccc2CN1S(=O)(=O)c1ccc(OC)cc1. The smallest absolute Gasteiger partial charge is 0.326 e. The number of thiophene rings is 1. The Labute approximate surface area is 202 Å². The molecular formula is C24H24N2O6S2. The second kappa shape index (κ2) is 9.57. The number of ether oxygens (including phenoxy) is 2. The van der Waals surface area contributed by atoms with Gasteiger partial charge in [-0.15, -0.1) is 11.3 Å². The van der Waals surface area contributed by atoms with Crippen molar-refractivity contribution in [1.82, 2.24) is 4.31 Å². The second-order valence-corrected chi connectivity index (χ2v) is 10.6. The number of methoxy groups -OCH3 is 2. The van der Waals surface area contributed by atoms with Gasteiger partial charge in [-0.05, 0) is 59.8 Å². The van der Waals surface area contributed by atoms with E-state index < -0.39 is 22.0 Å². The van der Waals surface area contributed by atoms with Crippen LogP contribution in [0, 0.1) is 6.92 Å². The number of hydrogen-bond donors (Lipinski definition) is 0. The highest BCUT2D eigenvalue weighted by Gasteiger charge is 2.42. The summed E-state index contributed by atoms with van der Waals surface area (Å²) >= 11 is 1.30. The lowest BCUT2D eigenvalue weighted by Gasteiger charge is -2.29. The zero-order chi connectivity index (χ0) is 24.5. The summed E-state index contributed by atoms with van der Waals surface area (Å²) in [6.07, 6.45) is 0. The van der Waals surface area contributed by atoms with Gasteiger partial charge in [-0.25, -0.2) is 8.42 Å². The number of aryl methyl sites for hydroxylation is 1. The Morgan fingerprint density at radius 3 is 2.38 bits per heavy atom. The van der Waals surface area contributed by atoms with Gasteiger partial charge in [0, 0.05) is 12.2 Å². The Morgan fingerprint density at radius 2 is 1.76 bits per heavy atom. The van der Waals surface area contributed by atoms with Crippen LogP contribution in [0.4, 0.5) is 5.69 Å². The van der Waals surface area contributed by atoms with Crippen molar-refractivity contribution in [3.8, 4) is 5.75 Å². The molecule has 0 saturated heterocycles. The molecular weight excluding hydrogens is 476 g/mol. The second-order valence-electron chi connectivity index (χ2n) is 7.80. The number of carbonyl (C=O) groups is 2. The number of fused-ring (bicyclic) bond motifs is 1. The number of nitrogens with zero attached hydrogens (tertiary/aromatic N) is 2. The van der Waals surface area contributed by atoms with E-state index in [1.54, 1.807) is 42.5 Å². The minimum atomic E-state index is -4.13. The molecule has 0 saturated carbocycles. The third kappa shape index (κ3) is 4.44. The van der Waals surface area contributed by atoms with Crippen molar-refractivity contribution in [2.45, 2.75) is 24.4 Å². The highest BCUT2D eigenvalue weighted by atomic mass is 32.2. The maximum absolute atomic E-state index is 13.7. The van der Waals surface area contributed by atoms with Crippen molar-refractivity contribution >= 4 is 38.9 Å². The summed E-state index contributed by atoms with van der Waals surface area (Å²) in [7, 11) is -1.43. The first-order valence-electron chi connectivity index (χ1n) is 10.4. The van der Waals surface area contributed by atoms with Gasteiger partial charge < -0.3 is 14.4 Å². The maximum atomic E-state index is 13.7. The van der Waals surface area contributed by atoms with E-state index in [4.69, 9.17) is 9.47 Å². The molecule has 0 aliphatic carbocycles. The largest absolute Gasteiger partial charge is 0.497 e. The van der Waals surface area contributed by atoms with E-state index in [1.807, 2.05) is 12.3 Å². The molecule has 2 aromatic carbocycles. The van der Waals surface area contributed by atoms with E-state index in [0.29, 0.717) is 21.9 Å². The number of anilines is 1. The van der Waals surface area contributed by atoms with Crippen molar-refractivity contribution < 1.29 is 27.5 Å². The Morgan fingerprint density at radius 1 is 1.06 bits per heavy atom. The van der Waals surface area contributed by atoms with Crippen LogP contribution in [0.3, 0.4) is 0 Å². The zero-order valence-corrected chi connectivity index (χ0v) is 20.6. The van der Waals surface area contributed by atoms with Crippen LogP contribution in [0.2, 0.25) is 0 Å². The fourth-order valence-corrected chi connectivity index (χ4v) is 6.27. The predicted octanol–water partition coefficient (Wildman–Crippen LogP) is 3.46. The van der Waals surface area contributed by atoms with Crippen molar-refractivity contribution in [2.24, 2.45) is 0 Å². The van der Waals surface area contributed by atoms with Crippen molar-refractivity contribution in [1.29, 1.82) is 0 Å². The van der Waals surface area contributed by atoms with Gasteiger partial charge in [0.2, 0.25) is 10.0 Å². The summed E-state index contributed by atoms with van der Waals surface area (Å²) in [6.45, 7) is 1.61.